The fraction of sp³-hybridized carbons (Fsp3) is 0.615. The quantitative estimate of drug-likeness (QED) is 0.670. The van der Waals surface area contributed by atoms with E-state index in [1.165, 1.54) is 32.1 Å². The van der Waals surface area contributed by atoms with Gasteiger partial charge in [0.25, 0.3) is 0 Å². The van der Waals surface area contributed by atoms with Gasteiger partial charge in [0.15, 0.2) is 0 Å². The summed E-state index contributed by atoms with van der Waals surface area (Å²) >= 11 is 0. The zero-order chi connectivity index (χ0) is 11.1. The zero-order valence-electron chi connectivity index (χ0n) is 9.71. The molecule has 1 heterocycles. The summed E-state index contributed by atoms with van der Waals surface area (Å²) < 4.78 is 4.91. The Morgan fingerprint density at radius 3 is 2.60 bits per heavy atom. The van der Waals surface area contributed by atoms with E-state index in [-0.39, 0.29) is 5.63 Å². The molecular formula is C13H20O2. The van der Waals surface area contributed by atoms with E-state index in [9.17, 15) is 4.79 Å². The maximum Gasteiger partial charge on any atom is 0.338 e. The molecule has 0 aliphatic carbocycles. The van der Waals surface area contributed by atoms with Gasteiger partial charge in [0.2, 0.25) is 0 Å². The summed E-state index contributed by atoms with van der Waals surface area (Å²) in [6.45, 7) is 4.02. The van der Waals surface area contributed by atoms with Crippen LogP contribution in [0, 0.1) is 6.92 Å². The van der Waals surface area contributed by atoms with Gasteiger partial charge < -0.3 is 4.42 Å². The number of unbranched alkanes of at least 4 members (excludes halogenated alkanes) is 4. The zero-order valence-corrected chi connectivity index (χ0v) is 9.71. The molecule has 15 heavy (non-hydrogen) atoms. The topological polar surface area (TPSA) is 30.2 Å². The summed E-state index contributed by atoms with van der Waals surface area (Å²) in [5.41, 5.74) is 1.63. The summed E-state index contributed by atoms with van der Waals surface area (Å²) in [5, 5.41) is 0. The van der Waals surface area contributed by atoms with E-state index in [1.807, 2.05) is 6.07 Å². The SMILES string of the molecule is CCCCCCCc1coc(=O)c(C)c1. The fourth-order valence-corrected chi connectivity index (χ4v) is 1.66. The maximum atomic E-state index is 11.0. The molecule has 0 unspecified atom stereocenters. The molecule has 0 N–H and O–H groups in total. The minimum Gasteiger partial charge on any atom is -0.431 e. The van der Waals surface area contributed by atoms with Crippen molar-refractivity contribution in [3.8, 4) is 0 Å². The van der Waals surface area contributed by atoms with Crippen LogP contribution in [-0.2, 0) is 6.42 Å². The van der Waals surface area contributed by atoms with Gasteiger partial charge in [0, 0.05) is 5.56 Å². The Kier molecular flexibility index (Phi) is 5.16. The molecule has 0 spiro atoms. The molecule has 0 saturated carbocycles. The first kappa shape index (κ1) is 12.0. The maximum absolute atomic E-state index is 11.0. The van der Waals surface area contributed by atoms with Crippen LogP contribution >= 0.6 is 0 Å². The average Bonchev–Trinajstić information content (AvgIpc) is 2.23. The lowest BCUT2D eigenvalue weighted by molar-refractivity contribution is 0.495. The van der Waals surface area contributed by atoms with Gasteiger partial charge in [-0.05, 0) is 31.4 Å². The first-order chi connectivity index (χ1) is 7.24. The van der Waals surface area contributed by atoms with Crippen LogP contribution < -0.4 is 5.63 Å². The van der Waals surface area contributed by atoms with E-state index in [2.05, 4.69) is 6.92 Å². The molecule has 0 aliphatic heterocycles. The Hall–Kier alpha value is -1.05. The molecule has 2 nitrogen and oxygen atoms in total. The molecule has 0 aliphatic rings. The van der Waals surface area contributed by atoms with Crippen LogP contribution in [0.4, 0.5) is 0 Å². The van der Waals surface area contributed by atoms with Crippen molar-refractivity contribution in [3.63, 3.8) is 0 Å². The third kappa shape index (κ3) is 4.32. The molecule has 0 radical (unpaired) electrons. The van der Waals surface area contributed by atoms with Gasteiger partial charge in [-0.3, -0.25) is 0 Å². The summed E-state index contributed by atoms with van der Waals surface area (Å²) in [6.07, 6.45) is 8.98. The van der Waals surface area contributed by atoms with Gasteiger partial charge in [-0.15, -0.1) is 0 Å². The third-order valence-electron chi connectivity index (χ3n) is 2.61. The van der Waals surface area contributed by atoms with Crippen molar-refractivity contribution in [1.82, 2.24) is 0 Å². The van der Waals surface area contributed by atoms with Crippen molar-refractivity contribution in [2.24, 2.45) is 0 Å². The van der Waals surface area contributed by atoms with Crippen LogP contribution in [0.1, 0.15) is 50.2 Å². The lowest BCUT2D eigenvalue weighted by Crippen LogP contribution is -2.03. The van der Waals surface area contributed by atoms with Crippen molar-refractivity contribution in [2.75, 3.05) is 0 Å². The highest BCUT2D eigenvalue weighted by molar-refractivity contribution is 5.14. The monoisotopic (exact) mass is 208 g/mol. The largest absolute Gasteiger partial charge is 0.431 e. The first-order valence-corrected chi connectivity index (χ1v) is 5.82. The molecule has 1 aromatic rings. The number of aryl methyl sites for hydroxylation is 2. The predicted octanol–water partition coefficient (Wildman–Crippen LogP) is 3.46. The van der Waals surface area contributed by atoms with Crippen LogP contribution in [0.2, 0.25) is 0 Å². The number of hydrogen-bond donors (Lipinski definition) is 0. The Balaban J connectivity index is 2.32. The van der Waals surface area contributed by atoms with E-state index in [1.54, 1.807) is 13.2 Å². The smallest absolute Gasteiger partial charge is 0.338 e. The number of rotatable bonds is 6. The van der Waals surface area contributed by atoms with Crippen molar-refractivity contribution in [1.29, 1.82) is 0 Å². The molecule has 2 heteroatoms. The average molecular weight is 208 g/mol. The third-order valence-corrected chi connectivity index (χ3v) is 2.61. The summed E-state index contributed by atoms with van der Waals surface area (Å²) in [6, 6.07) is 1.94. The van der Waals surface area contributed by atoms with E-state index >= 15 is 0 Å². The van der Waals surface area contributed by atoms with E-state index in [0.29, 0.717) is 5.56 Å². The van der Waals surface area contributed by atoms with Gasteiger partial charge in [-0.2, -0.15) is 0 Å². The second kappa shape index (κ2) is 6.44. The summed E-state index contributed by atoms with van der Waals surface area (Å²) in [5.74, 6) is 0. The molecule has 84 valence electrons. The minimum atomic E-state index is -0.218. The molecule has 0 amide bonds. The van der Waals surface area contributed by atoms with Gasteiger partial charge in [-0.25, -0.2) is 4.79 Å². The van der Waals surface area contributed by atoms with Gasteiger partial charge in [0.1, 0.15) is 0 Å². The highest BCUT2D eigenvalue weighted by Crippen LogP contribution is 2.08. The second-order valence-electron chi connectivity index (χ2n) is 4.09. The molecule has 0 fully saturated rings. The molecule has 0 saturated heterocycles. The highest BCUT2D eigenvalue weighted by atomic mass is 16.4. The molecule has 0 atom stereocenters. The number of hydrogen-bond acceptors (Lipinski definition) is 2. The predicted molar refractivity (Wildman–Crippen MR) is 62.2 cm³/mol. The molecule has 1 aromatic heterocycles. The van der Waals surface area contributed by atoms with E-state index < -0.39 is 0 Å². The standard InChI is InChI=1S/C13H20O2/c1-3-4-5-6-7-8-12-9-11(2)13(14)15-10-12/h9-10H,3-8H2,1-2H3. The molecular weight excluding hydrogens is 188 g/mol. The van der Waals surface area contributed by atoms with Crippen molar-refractivity contribution >= 4 is 0 Å². The molecule has 0 aromatic carbocycles. The van der Waals surface area contributed by atoms with Crippen molar-refractivity contribution in [3.05, 3.63) is 33.9 Å². The van der Waals surface area contributed by atoms with Crippen LogP contribution in [-0.4, -0.2) is 0 Å². The normalized spacial score (nSPS) is 10.5. The Morgan fingerprint density at radius 1 is 1.20 bits per heavy atom. The van der Waals surface area contributed by atoms with Crippen LogP contribution in [0.25, 0.3) is 0 Å². The van der Waals surface area contributed by atoms with E-state index in [4.69, 9.17) is 4.42 Å². The van der Waals surface area contributed by atoms with Crippen molar-refractivity contribution in [2.45, 2.75) is 52.4 Å². The van der Waals surface area contributed by atoms with Crippen LogP contribution in [0.3, 0.4) is 0 Å². The Labute approximate surface area is 91.3 Å². The second-order valence-corrected chi connectivity index (χ2v) is 4.09. The summed E-state index contributed by atoms with van der Waals surface area (Å²) in [7, 11) is 0. The summed E-state index contributed by atoms with van der Waals surface area (Å²) in [4.78, 5) is 11.0. The van der Waals surface area contributed by atoms with Crippen molar-refractivity contribution < 1.29 is 4.42 Å². The first-order valence-electron chi connectivity index (χ1n) is 5.82. The Bertz CT molecular complexity index is 339. The van der Waals surface area contributed by atoms with Gasteiger partial charge in [0.05, 0.1) is 6.26 Å². The molecule has 0 bridgehead atoms. The highest BCUT2D eigenvalue weighted by Gasteiger charge is 1.98. The fourth-order valence-electron chi connectivity index (χ4n) is 1.66. The van der Waals surface area contributed by atoms with E-state index in [0.717, 1.165) is 12.0 Å². The molecule has 1 rings (SSSR count). The minimum absolute atomic E-state index is 0.218. The lowest BCUT2D eigenvalue weighted by Gasteiger charge is -2.01. The van der Waals surface area contributed by atoms with Crippen LogP contribution in [0.15, 0.2) is 21.5 Å². The van der Waals surface area contributed by atoms with Gasteiger partial charge >= 0.3 is 5.63 Å². The van der Waals surface area contributed by atoms with Gasteiger partial charge in [-0.1, -0.05) is 32.6 Å². The Morgan fingerprint density at radius 2 is 1.93 bits per heavy atom. The van der Waals surface area contributed by atoms with Crippen LogP contribution in [0.5, 0.6) is 0 Å². The lowest BCUT2D eigenvalue weighted by atomic mass is 10.1.